The van der Waals surface area contributed by atoms with E-state index < -0.39 is 0 Å². The van der Waals surface area contributed by atoms with Gasteiger partial charge in [0.15, 0.2) is 0 Å². The molecule has 0 fully saturated rings. The number of benzene rings is 1. The van der Waals surface area contributed by atoms with Gasteiger partial charge < -0.3 is 5.32 Å². The second-order valence-electron chi connectivity index (χ2n) is 4.14. The number of rotatable bonds is 7. The molecule has 0 saturated heterocycles. The van der Waals surface area contributed by atoms with E-state index in [0.29, 0.717) is 5.75 Å². The quantitative estimate of drug-likeness (QED) is 0.748. The molecule has 1 rings (SSSR count). The summed E-state index contributed by atoms with van der Waals surface area (Å²) in [4.78, 5) is 11.4. The van der Waals surface area contributed by atoms with Crippen molar-refractivity contribution in [2.45, 2.75) is 32.6 Å². The Hall–Kier alpha value is -0.960. The Morgan fingerprint density at radius 1 is 1.24 bits per heavy atom. The van der Waals surface area contributed by atoms with Gasteiger partial charge in [-0.1, -0.05) is 31.9 Å². The molecule has 94 valence electrons. The summed E-state index contributed by atoms with van der Waals surface area (Å²) < 4.78 is 0. The third-order valence-electron chi connectivity index (χ3n) is 2.58. The van der Waals surface area contributed by atoms with Crippen LogP contribution in [0.4, 0.5) is 5.69 Å². The van der Waals surface area contributed by atoms with Gasteiger partial charge in [0.05, 0.1) is 5.75 Å². The molecule has 17 heavy (non-hydrogen) atoms. The Bertz CT molecular complexity index is 335. The minimum Gasteiger partial charge on any atom is -0.325 e. The topological polar surface area (TPSA) is 29.1 Å². The molecule has 0 unspecified atom stereocenters. The molecule has 1 amide bonds. The molecule has 0 aliphatic carbocycles. The SMILES string of the molecule is CCCCCc1ccc(NC(=O)CSC)cc1. The van der Waals surface area contributed by atoms with Gasteiger partial charge in [0.25, 0.3) is 0 Å². The van der Waals surface area contributed by atoms with Crippen LogP contribution in [-0.2, 0) is 11.2 Å². The van der Waals surface area contributed by atoms with E-state index in [1.807, 2.05) is 18.4 Å². The summed E-state index contributed by atoms with van der Waals surface area (Å²) in [7, 11) is 0. The summed E-state index contributed by atoms with van der Waals surface area (Å²) in [6, 6.07) is 8.17. The fourth-order valence-electron chi connectivity index (χ4n) is 1.66. The van der Waals surface area contributed by atoms with Crippen LogP contribution in [0.2, 0.25) is 0 Å². The lowest BCUT2D eigenvalue weighted by Crippen LogP contribution is -2.13. The lowest BCUT2D eigenvalue weighted by molar-refractivity contribution is -0.113. The Morgan fingerprint density at radius 3 is 2.53 bits per heavy atom. The maximum atomic E-state index is 11.4. The molecule has 3 heteroatoms. The summed E-state index contributed by atoms with van der Waals surface area (Å²) in [5.41, 5.74) is 2.24. The van der Waals surface area contributed by atoms with Crippen LogP contribution in [0.1, 0.15) is 31.7 Å². The summed E-state index contributed by atoms with van der Waals surface area (Å²) in [6.45, 7) is 2.21. The molecule has 1 N–H and O–H groups in total. The van der Waals surface area contributed by atoms with Crippen molar-refractivity contribution in [2.75, 3.05) is 17.3 Å². The number of hydrogen-bond donors (Lipinski definition) is 1. The number of thioether (sulfide) groups is 1. The molecular formula is C14H21NOS. The van der Waals surface area contributed by atoms with E-state index in [2.05, 4.69) is 24.4 Å². The normalized spacial score (nSPS) is 10.2. The highest BCUT2D eigenvalue weighted by Gasteiger charge is 2.00. The van der Waals surface area contributed by atoms with Gasteiger partial charge >= 0.3 is 0 Å². The molecule has 0 heterocycles. The molecule has 0 aromatic heterocycles. The van der Waals surface area contributed by atoms with Crippen molar-refractivity contribution in [1.82, 2.24) is 0 Å². The van der Waals surface area contributed by atoms with E-state index in [1.165, 1.54) is 36.6 Å². The van der Waals surface area contributed by atoms with Crippen molar-refractivity contribution in [3.05, 3.63) is 29.8 Å². The van der Waals surface area contributed by atoms with Gasteiger partial charge in [-0.25, -0.2) is 0 Å². The number of anilines is 1. The maximum absolute atomic E-state index is 11.4. The van der Waals surface area contributed by atoms with E-state index in [0.717, 1.165) is 12.1 Å². The highest BCUT2D eigenvalue weighted by Crippen LogP contribution is 2.12. The Kier molecular flexibility index (Phi) is 6.78. The van der Waals surface area contributed by atoms with Crippen molar-refractivity contribution >= 4 is 23.4 Å². The number of amides is 1. The third-order valence-corrected chi connectivity index (χ3v) is 3.13. The van der Waals surface area contributed by atoms with E-state index in [-0.39, 0.29) is 5.91 Å². The molecule has 2 nitrogen and oxygen atoms in total. The minimum atomic E-state index is 0.0660. The van der Waals surface area contributed by atoms with E-state index >= 15 is 0 Å². The average Bonchev–Trinajstić information content (AvgIpc) is 2.32. The second-order valence-corrected chi connectivity index (χ2v) is 5.00. The Balaban J connectivity index is 2.41. The van der Waals surface area contributed by atoms with Crippen LogP contribution < -0.4 is 5.32 Å². The summed E-state index contributed by atoms with van der Waals surface area (Å²) in [5.74, 6) is 0.578. The van der Waals surface area contributed by atoms with E-state index in [9.17, 15) is 4.79 Å². The molecular weight excluding hydrogens is 230 g/mol. The molecule has 0 aliphatic heterocycles. The highest BCUT2D eigenvalue weighted by molar-refractivity contribution is 7.99. The van der Waals surface area contributed by atoms with Gasteiger partial charge in [0.2, 0.25) is 5.91 Å². The highest BCUT2D eigenvalue weighted by atomic mass is 32.2. The Morgan fingerprint density at radius 2 is 1.94 bits per heavy atom. The lowest BCUT2D eigenvalue weighted by Gasteiger charge is -2.05. The molecule has 0 saturated carbocycles. The van der Waals surface area contributed by atoms with Crippen LogP contribution in [-0.4, -0.2) is 17.9 Å². The zero-order chi connectivity index (χ0) is 12.5. The molecule has 0 spiro atoms. The minimum absolute atomic E-state index is 0.0660. The molecule has 1 aromatic rings. The molecule has 0 bridgehead atoms. The molecule has 0 radical (unpaired) electrons. The summed E-state index contributed by atoms with van der Waals surface area (Å²) in [5, 5.41) is 2.88. The van der Waals surface area contributed by atoms with Crippen LogP contribution in [0.3, 0.4) is 0 Å². The van der Waals surface area contributed by atoms with Gasteiger partial charge in [-0.05, 0) is 36.8 Å². The number of carbonyl (C=O) groups is 1. The predicted molar refractivity (Wildman–Crippen MR) is 76.7 cm³/mol. The van der Waals surface area contributed by atoms with Crippen molar-refractivity contribution in [3.8, 4) is 0 Å². The van der Waals surface area contributed by atoms with Crippen molar-refractivity contribution in [1.29, 1.82) is 0 Å². The largest absolute Gasteiger partial charge is 0.325 e. The fourth-order valence-corrected chi connectivity index (χ4v) is 2.00. The van der Waals surface area contributed by atoms with Crippen molar-refractivity contribution in [2.24, 2.45) is 0 Å². The summed E-state index contributed by atoms with van der Waals surface area (Å²) in [6.07, 6.45) is 6.84. The lowest BCUT2D eigenvalue weighted by atomic mass is 10.1. The standard InChI is InChI=1S/C14H21NOS/c1-3-4-5-6-12-7-9-13(10-8-12)15-14(16)11-17-2/h7-10H,3-6,11H2,1-2H3,(H,15,16). The van der Waals surface area contributed by atoms with Crippen LogP contribution in [0.5, 0.6) is 0 Å². The molecule has 0 aliphatic rings. The Labute approximate surface area is 108 Å². The average molecular weight is 251 g/mol. The van der Waals surface area contributed by atoms with Crippen LogP contribution in [0.15, 0.2) is 24.3 Å². The van der Waals surface area contributed by atoms with Crippen molar-refractivity contribution in [3.63, 3.8) is 0 Å². The zero-order valence-electron chi connectivity index (χ0n) is 10.7. The van der Waals surface area contributed by atoms with E-state index in [4.69, 9.17) is 0 Å². The molecule has 0 atom stereocenters. The van der Waals surface area contributed by atoms with Gasteiger partial charge in [0, 0.05) is 5.69 Å². The van der Waals surface area contributed by atoms with Crippen LogP contribution >= 0.6 is 11.8 Å². The van der Waals surface area contributed by atoms with Gasteiger partial charge in [-0.2, -0.15) is 11.8 Å². The number of aryl methyl sites for hydroxylation is 1. The predicted octanol–water partition coefficient (Wildman–Crippen LogP) is 3.72. The first-order valence-electron chi connectivity index (χ1n) is 6.14. The van der Waals surface area contributed by atoms with Gasteiger partial charge in [-0.15, -0.1) is 0 Å². The first kappa shape index (κ1) is 14.1. The number of carbonyl (C=O) groups excluding carboxylic acids is 1. The first-order chi connectivity index (χ1) is 8.26. The van der Waals surface area contributed by atoms with Crippen LogP contribution in [0.25, 0.3) is 0 Å². The second kappa shape index (κ2) is 8.18. The van der Waals surface area contributed by atoms with Crippen LogP contribution in [0, 0.1) is 0 Å². The van der Waals surface area contributed by atoms with Gasteiger partial charge in [-0.3, -0.25) is 4.79 Å². The summed E-state index contributed by atoms with van der Waals surface area (Å²) >= 11 is 1.53. The van der Waals surface area contributed by atoms with Gasteiger partial charge in [0.1, 0.15) is 0 Å². The van der Waals surface area contributed by atoms with E-state index in [1.54, 1.807) is 0 Å². The number of hydrogen-bond acceptors (Lipinski definition) is 2. The third kappa shape index (κ3) is 5.78. The monoisotopic (exact) mass is 251 g/mol. The molecule has 1 aromatic carbocycles. The zero-order valence-corrected chi connectivity index (χ0v) is 11.5. The maximum Gasteiger partial charge on any atom is 0.234 e. The number of nitrogens with one attached hydrogen (secondary N) is 1. The smallest absolute Gasteiger partial charge is 0.234 e. The van der Waals surface area contributed by atoms with Crippen molar-refractivity contribution < 1.29 is 4.79 Å². The number of unbranched alkanes of at least 4 members (excludes halogenated alkanes) is 2. The fraction of sp³-hybridized carbons (Fsp3) is 0.500. The first-order valence-corrected chi connectivity index (χ1v) is 7.53.